The molecule has 0 aromatic carbocycles. The van der Waals surface area contributed by atoms with Gasteiger partial charge in [0.1, 0.15) is 6.04 Å². The Labute approximate surface area is 141 Å². The number of hydrogen-bond acceptors (Lipinski definition) is 4. The summed E-state index contributed by atoms with van der Waals surface area (Å²) in [5.41, 5.74) is 3.68. The van der Waals surface area contributed by atoms with Crippen LogP contribution in [0.25, 0.3) is 0 Å². The highest BCUT2D eigenvalue weighted by molar-refractivity contribution is 8.14. The summed E-state index contributed by atoms with van der Waals surface area (Å²) >= 11 is 1.89. The lowest BCUT2D eigenvalue weighted by molar-refractivity contribution is 0.247. The summed E-state index contributed by atoms with van der Waals surface area (Å²) in [5.74, 6) is 1.14. The first kappa shape index (κ1) is 14.8. The van der Waals surface area contributed by atoms with Crippen LogP contribution in [-0.4, -0.2) is 31.4 Å². The Balaban J connectivity index is 1.82. The van der Waals surface area contributed by atoms with E-state index in [-0.39, 0.29) is 12.1 Å². The molecule has 0 saturated carbocycles. The van der Waals surface area contributed by atoms with Gasteiger partial charge in [-0.05, 0) is 37.6 Å². The Morgan fingerprint density at radius 3 is 2.78 bits per heavy atom. The van der Waals surface area contributed by atoms with E-state index in [9.17, 15) is 0 Å². The molecule has 5 heteroatoms. The molecule has 2 aromatic heterocycles. The van der Waals surface area contributed by atoms with Crippen molar-refractivity contribution in [3.8, 4) is 0 Å². The van der Waals surface area contributed by atoms with Crippen molar-refractivity contribution in [1.82, 2.24) is 14.5 Å². The number of aliphatic imine (C=N–C) groups is 1. The van der Waals surface area contributed by atoms with Crippen LogP contribution < -0.4 is 0 Å². The van der Waals surface area contributed by atoms with Crippen LogP contribution in [0, 0.1) is 6.92 Å². The average Bonchev–Trinajstić information content (AvgIpc) is 3.23. The van der Waals surface area contributed by atoms with E-state index in [2.05, 4.69) is 59.6 Å². The lowest BCUT2D eigenvalue weighted by Crippen LogP contribution is -2.36. The third kappa shape index (κ3) is 2.29. The Hall–Kier alpha value is -1.75. The number of thioether (sulfide) groups is 1. The fraction of sp³-hybridized carbons (Fsp3) is 0.444. The summed E-state index contributed by atoms with van der Waals surface area (Å²) in [6.45, 7) is 4.43. The summed E-state index contributed by atoms with van der Waals surface area (Å²) in [5, 5.41) is 1.19. The summed E-state index contributed by atoms with van der Waals surface area (Å²) in [6.07, 6.45) is 3.03. The summed E-state index contributed by atoms with van der Waals surface area (Å²) < 4.78 is 2.30. The highest BCUT2D eigenvalue weighted by Crippen LogP contribution is 2.48. The van der Waals surface area contributed by atoms with Crippen molar-refractivity contribution >= 4 is 16.9 Å². The number of fused-ring (bicyclic) bond motifs is 1. The molecule has 4 rings (SSSR count). The molecule has 0 N–H and O–H groups in total. The molecule has 0 bridgehead atoms. The van der Waals surface area contributed by atoms with E-state index in [1.807, 2.05) is 24.0 Å². The van der Waals surface area contributed by atoms with Gasteiger partial charge in [0.25, 0.3) is 0 Å². The number of hydrogen-bond donors (Lipinski definition) is 0. The lowest BCUT2D eigenvalue weighted by Gasteiger charge is -2.32. The molecule has 3 atom stereocenters. The molecule has 0 unspecified atom stereocenters. The van der Waals surface area contributed by atoms with Crippen molar-refractivity contribution in [3.05, 3.63) is 53.6 Å². The second kappa shape index (κ2) is 5.71. The molecule has 4 heterocycles. The summed E-state index contributed by atoms with van der Waals surface area (Å²) in [7, 11) is 2.16. The van der Waals surface area contributed by atoms with Gasteiger partial charge in [0.2, 0.25) is 0 Å². The van der Waals surface area contributed by atoms with Crippen molar-refractivity contribution in [3.63, 3.8) is 0 Å². The predicted octanol–water partition coefficient (Wildman–Crippen LogP) is 3.71. The SMILES string of the molecule is CC[C@H]1CSC2=N[C@@H](c3ccccn3)[C@@H](c3ccc(C)n3C)N21. The van der Waals surface area contributed by atoms with Gasteiger partial charge in [-0.25, -0.2) is 0 Å². The molecular formula is C18H22N4S. The number of pyridine rings is 1. The van der Waals surface area contributed by atoms with Gasteiger partial charge in [-0.3, -0.25) is 9.98 Å². The van der Waals surface area contributed by atoms with Crippen LogP contribution >= 0.6 is 11.8 Å². The minimum Gasteiger partial charge on any atom is -0.350 e. The fourth-order valence-corrected chi connectivity index (χ4v) is 4.94. The maximum Gasteiger partial charge on any atom is 0.160 e. The molecule has 0 aliphatic carbocycles. The smallest absolute Gasteiger partial charge is 0.160 e. The van der Waals surface area contributed by atoms with Crippen LogP contribution in [0.5, 0.6) is 0 Å². The van der Waals surface area contributed by atoms with Gasteiger partial charge in [0.15, 0.2) is 5.17 Å². The predicted molar refractivity (Wildman–Crippen MR) is 95.7 cm³/mol. The molecular weight excluding hydrogens is 304 g/mol. The third-order valence-electron chi connectivity index (χ3n) is 5.04. The molecule has 1 fully saturated rings. The molecule has 2 aliphatic rings. The molecule has 0 amide bonds. The molecule has 120 valence electrons. The summed E-state index contributed by atoms with van der Waals surface area (Å²) in [6, 6.07) is 11.5. The van der Waals surface area contributed by atoms with Crippen molar-refractivity contribution < 1.29 is 0 Å². The zero-order valence-electron chi connectivity index (χ0n) is 13.8. The number of rotatable bonds is 3. The van der Waals surface area contributed by atoms with Crippen LogP contribution in [0.4, 0.5) is 0 Å². The maximum atomic E-state index is 5.06. The van der Waals surface area contributed by atoms with Crippen LogP contribution in [0.1, 0.15) is 42.5 Å². The van der Waals surface area contributed by atoms with Crippen LogP contribution in [0.3, 0.4) is 0 Å². The Bertz CT molecular complexity index is 737. The highest BCUT2D eigenvalue weighted by Gasteiger charge is 2.46. The van der Waals surface area contributed by atoms with E-state index in [0.717, 1.165) is 17.9 Å². The maximum absolute atomic E-state index is 5.06. The molecule has 4 nitrogen and oxygen atoms in total. The molecule has 2 aliphatic heterocycles. The van der Waals surface area contributed by atoms with Crippen LogP contribution in [0.2, 0.25) is 0 Å². The molecule has 1 saturated heterocycles. The van der Waals surface area contributed by atoms with E-state index >= 15 is 0 Å². The Kier molecular flexibility index (Phi) is 3.68. The molecule has 0 spiro atoms. The topological polar surface area (TPSA) is 33.4 Å². The first-order valence-electron chi connectivity index (χ1n) is 8.22. The lowest BCUT2D eigenvalue weighted by atomic mass is 9.99. The number of nitrogens with zero attached hydrogens (tertiary/aromatic N) is 4. The van der Waals surface area contributed by atoms with E-state index in [1.165, 1.54) is 16.6 Å². The largest absolute Gasteiger partial charge is 0.350 e. The molecule has 0 radical (unpaired) electrons. The Morgan fingerprint density at radius 2 is 2.13 bits per heavy atom. The van der Waals surface area contributed by atoms with E-state index < -0.39 is 0 Å². The summed E-state index contributed by atoms with van der Waals surface area (Å²) in [4.78, 5) is 12.2. The number of aromatic nitrogens is 2. The zero-order chi connectivity index (χ0) is 16.0. The number of aryl methyl sites for hydroxylation is 1. The second-order valence-electron chi connectivity index (χ2n) is 6.29. The van der Waals surface area contributed by atoms with Gasteiger partial charge in [-0.1, -0.05) is 24.8 Å². The first-order valence-corrected chi connectivity index (χ1v) is 9.21. The van der Waals surface area contributed by atoms with Gasteiger partial charge in [-0.15, -0.1) is 0 Å². The normalized spacial score (nSPS) is 26.5. The zero-order valence-corrected chi connectivity index (χ0v) is 14.6. The monoisotopic (exact) mass is 326 g/mol. The van der Waals surface area contributed by atoms with Crippen LogP contribution in [0.15, 0.2) is 41.5 Å². The van der Waals surface area contributed by atoms with E-state index in [0.29, 0.717) is 6.04 Å². The van der Waals surface area contributed by atoms with Crippen LogP contribution in [-0.2, 0) is 7.05 Å². The van der Waals surface area contributed by atoms with Gasteiger partial charge >= 0.3 is 0 Å². The highest BCUT2D eigenvalue weighted by atomic mass is 32.2. The standard InChI is InChI=1S/C18H22N4S/c1-4-13-11-23-18-20-16(14-7-5-6-10-19-14)17(22(13)18)15-9-8-12(2)21(15)3/h5-10,13,16-17H,4,11H2,1-3H3/t13-,16-,17+/m0/s1. The minimum atomic E-state index is 0.0843. The van der Waals surface area contributed by atoms with Crippen molar-refractivity contribution in [2.75, 3.05) is 5.75 Å². The van der Waals surface area contributed by atoms with Gasteiger partial charge in [0.05, 0.1) is 11.7 Å². The first-order chi connectivity index (χ1) is 11.2. The van der Waals surface area contributed by atoms with Gasteiger partial charge in [0, 0.05) is 36.4 Å². The second-order valence-corrected chi connectivity index (χ2v) is 7.28. The Morgan fingerprint density at radius 1 is 1.26 bits per heavy atom. The minimum absolute atomic E-state index is 0.0843. The van der Waals surface area contributed by atoms with Crippen molar-refractivity contribution in [1.29, 1.82) is 0 Å². The van der Waals surface area contributed by atoms with Gasteiger partial charge in [-0.2, -0.15) is 0 Å². The number of amidine groups is 1. The van der Waals surface area contributed by atoms with Gasteiger partial charge < -0.3 is 9.47 Å². The third-order valence-corrected chi connectivity index (χ3v) is 6.17. The van der Waals surface area contributed by atoms with Crippen molar-refractivity contribution in [2.45, 2.75) is 38.4 Å². The fourth-order valence-electron chi connectivity index (χ4n) is 3.60. The van der Waals surface area contributed by atoms with Crippen molar-refractivity contribution in [2.24, 2.45) is 12.0 Å². The van der Waals surface area contributed by atoms with E-state index in [4.69, 9.17) is 4.99 Å². The quantitative estimate of drug-likeness (QED) is 0.862. The molecule has 23 heavy (non-hydrogen) atoms. The average molecular weight is 326 g/mol. The van der Waals surface area contributed by atoms with E-state index in [1.54, 1.807) is 0 Å². The molecule has 2 aromatic rings.